The maximum absolute atomic E-state index is 9.51. The molecule has 0 aliphatic carbocycles. The van der Waals surface area contributed by atoms with E-state index < -0.39 is 0 Å². The van der Waals surface area contributed by atoms with E-state index in [1.54, 1.807) is 0 Å². The maximum Gasteiger partial charge on any atom is 0.0726 e. The summed E-state index contributed by atoms with van der Waals surface area (Å²) in [6.07, 6.45) is 3.06. The first-order valence-electron chi connectivity index (χ1n) is 6.28. The fraction of sp³-hybridized carbons (Fsp3) is 0.769. The molecule has 0 aliphatic heterocycles. The minimum Gasteiger partial charge on any atom is -0.394 e. The molecular formula is C13H25N3O. The van der Waals surface area contributed by atoms with Gasteiger partial charge < -0.3 is 10.4 Å². The van der Waals surface area contributed by atoms with Gasteiger partial charge in [-0.1, -0.05) is 27.7 Å². The highest BCUT2D eigenvalue weighted by Gasteiger charge is 2.25. The van der Waals surface area contributed by atoms with Crippen molar-refractivity contribution in [3.05, 3.63) is 17.5 Å². The molecule has 0 saturated heterocycles. The molecule has 0 fully saturated rings. The molecular weight excluding hydrogens is 214 g/mol. The molecule has 98 valence electrons. The van der Waals surface area contributed by atoms with Crippen LogP contribution in [0.5, 0.6) is 0 Å². The van der Waals surface area contributed by atoms with Gasteiger partial charge in [0.15, 0.2) is 0 Å². The van der Waals surface area contributed by atoms with E-state index in [1.807, 2.05) is 17.9 Å². The summed E-state index contributed by atoms with van der Waals surface area (Å²) >= 11 is 0. The molecule has 17 heavy (non-hydrogen) atoms. The predicted molar refractivity (Wildman–Crippen MR) is 70.0 cm³/mol. The first-order chi connectivity index (χ1) is 7.90. The lowest BCUT2D eigenvalue weighted by molar-refractivity contribution is 0.243. The Kier molecular flexibility index (Phi) is 4.71. The Labute approximate surface area is 104 Å². The standard InChI is InChI=1S/C13H25N3O/c1-6-7-14-11(9-17)10-8-16(5)15-12(10)13(2,3)4/h8,11,14,17H,6-7,9H2,1-5H3. The normalized spacial score (nSPS) is 14.0. The maximum atomic E-state index is 9.51. The Hall–Kier alpha value is -0.870. The Morgan fingerprint density at radius 1 is 1.47 bits per heavy atom. The van der Waals surface area contributed by atoms with Crippen LogP contribution in [-0.2, 0) is 12.5 Å². The van der Waals surface area contributed by atoms with E-state index in [0.29, 0.717) is 0 Å². The van der Waals surface area contributed by atoms with Gasteiger partial charge in [0.05, 0.1) is 18.3 Å². The molecule has 1 heterocycles. The van der Waals surface area contributed by atoms with Crippen molar-refractivity contribution in [2.24, 2.45) is 7.05 Å². The first-order valence-corrected chi connectivity index (χ1v) is 6.28. The SMILES string of the molecule is CCCNC(CO)c1cn(C)nc1C(C)(C)C. The van der Waals surface area contributed by atoms with Gasteiger partial charge in [-0.25, -0.2) is 0 Å². The van der Waals surface area contributed by atoms with Gasteiger partial charge in [0.25, 0.3) is 0 Å². The van der Waals surface area contributed by atoms with E-state index in [4.69, 9.17) is 0 Å². The summed E-state index contributed by atoms with van der Waals surface area (Å²) in [6, 6.07) is -0.0159. The first kappa shape index (κ1) is 14.2. The van der Waals surface area contributed by atoms with Crippen LogP contribution in [0.15, 0.2) is 6.20 Å². The van der Waals surface area contributed by atoms with Crippen LogP contribution in [0.3, 0.4) is 0 Å². The molecule has 0 saturated carbocycles. The summed E-state index contributed by atoms with van der Waals surface area (Å²) in [6.45, 7) is 9.57. The van der Waals surface area contributed by atoms with Crippen LogP contribution in [0.25, 0.3) is 0 Å². The number of rotatable bonds is 5. The smallest absolute Gasteiger partial charge is 0.0726 e. The molecule has 0 radical (unpaired) electrons. The molecule has 0 spiro atoms. The summed E-state index contributed by atoms with van der Waals surface area (Å²) in [5.41, 5.74) is 2.16. The van der Waals surface area contributed by atoms with Crippen molar-refractivity contribution >= 4 is 0 Å². The minimum absolute atomic E-state index is 0.00208. The third-order valence-corrected chi connectivity index (χ3v) is 2.77. The van der Waals surface area contributed by atoms with E-state index in [2.05, 4.69) is 38.1 Å². The Morgan fingerprint density at radius 2 is 2.12 bits per heavy atom. The lowest BCUT2D eigenvalue weighted by atomic mass is 9.87. The average molecular weight is 239 g/mol. The Bertz CT molecular complexity index is 352. The molecule has 4 heteroatoms. The highest BCUT2D eigenvalue weighted by atomic mass is 16.3. The summed E-state index contributed by atoms with van der Waals surface area (Å²) in [5, 5.41) is 17.4. The molecule has 2 N–H and O–H groups in total. The van der Waals surface area contributed by atoms with Crippen LogP contribution in [0, 0.1) is 0 Å². The van der Waals surface area contributed by atoms with Crippen molar-refractivity contribution in [1.29, 1.82) is 0 Å². The highest BCUT2D eigenvalue weighted by molar-refractivity contribution is 5.27. The van der Waals surface area contributed by atoms with Crippen molar-refractivity contribution in [2.75, 3.05) is 13.2 Å². The molecule has 1 aromatic rings. The van der Waals surface area contributed by atoms with Crippen molar-refractivity contribution < 1.29 is 5.11 Å². The topological polar surface area (TPSA) is 50.1 Å². The number of hydrogen-bond acceptors (Lipinski definition) is 3. The summed E-state index contributed by atoms with van der Waals surface area (Å²) in [5.74, 6) is 0. The van der Waals surface area contributed by atoms with Crippen LogP contribution in [-0.4, -0.2) is 28.0 Å². The molecule has 1 aromatic heterocycles. The van der Waals surface area contributed by atoms with Gasteiger partial charge in [-0.2, -0.15) is 5.10 Å². The van der Waals surface area contributed by atoms with Gasteiger partial charge in [-0.3, -0.25) is 4.68 Å². The summed E-state index contributed by atoms with van der Waals surface area (Å²) in [7, 11) is 1.92. The Morgan fingerprint density at radius 3 is 2.59 bits per heavy atom. The average Bonchev–Trinajstić information content (AvgIpc) is 2.61. The van der Waals surface area contributed by atoms with Crippen LogP contribution in [0.1, 0.15) is 51.4 Å². The minimum atomic E-state index is -0.0159. The molecule has 1 unspecified atom stereocenters. The van der Waals surface area contributed by atoms with Crippen molar-refractivity contribution in [1.82, 2.24) is 15.1 Å². The molecule has 1 atom stereocenters. The summed E-state index contributed by atoms with van der Waals surface area (Å²) in [4.78, 5) is 0. The zero-order valence-electron chi connectivity index (χ0n) is 11.6. The zero-order chi connectivity index (χ0) is 13.1. The number of nitrogens with one attached hydrogen (secondary N) is 1. The second-order valence-corrected chi connectivity index (χ2v) is 5.55. The lowest BCUT2D eigenvalue weighted by Gasteiger charge is -2.22. The fourth-order valence-electron chi connectivity index (χ4n) is 1.94. The molecule has 1 rings (SSSR count). The van der Waals surface area contributed by atoms with E-state index in [-0.39, 0.29) is 18.1 Å². The quantitative estimate of drug-likeness (QED) is 0.823. The number of aryl methyl sites for hydroxylation is 1. The number of aliphatic hydroxyl groups is 1. The largest absolute Gasteiger partial charge is 0.394 e. The van der Waals surface area contributed by atoms with Gasteiger partial charge in [0.2, 0.25) is 0 Å². The number of aliphatic hydroxyl groups excluding tert-OH is 1. The van der Waals surface area contributed by atoms with Crippen LogP contribution in [0.4, 0.5) is 0 Å². The number of nitrogens with zero attached hydrogens (tertiary/aromatic N) is 2. The molecule has 0 amide bonds. The van der Waals surface area contributed by atoms with Crippen LogP contribution >= 0.6 is 0 Å². The summed E-state index contributed by atoms with van der Waals surface area (Å²) < 4.78 is 1.83. The van der Waals surface area contributed by atoms with E-state index in [1.165, 1.54) is 0 Å². The molecule has 0 aromatic carbocycles. The van der Waals surface area contributed by atoms with Gasteiger partial charge in [0.1, 0.15) is 0 Å². The lowest BCUT2D eigenvalue weighted by Crippen LogP contribution is -2.27. The predicted octanol–water partition coefficient (Wildman–Crippen LogP) is 1.75. The number of hydrogen-bond donors (Lipinski definition) is 2. The van der Waals surface area contributed by atoms with E-state index in [9.17, 15) is 5.11 Å². The second kappa shape index (κ2) is 5.65. The van der Waals surface area contributed by atoms with Gasteiger partial charge in [-0.05, 0) is 13.0 Å². The zero-order valence-corrected chi connectivity index (χ0v) is 11.6. The molecule has 4 nitrogen and oxygen atoms in total. The molecule has 0 bridgehead atoms. The molecule has 0 aliphatic rings. The Balaban J connectivity index is 3.02. The van der Waals surface area contributed by atoms with Crippen LogP contribution in [0.2, 0.25) is 0 Å². The van der Waals surface area contributed by atoms with Crippen molar-refractivity contribution in [2.45, 2.75) is 45.6 Å². The monoisotopic (exact) mass is 239 g/mol. The fourth-order valence-corrected chi connectivity index (χ4v) is 1.94. The van der Waals surface area contributed by atoms with Gasteiger partial charge >= 0.3 is 0 Å². The number of aromatic nitrogens is 2. The van der Waals surface area contributed by atoms with E-state index >= 15 is 0 Å². The van der Waals surface area contributed by atoms with Crippen molar-refractivity contribution in [3.63, 3.8) is 0 Å². The second-order valence-electron chi connectivity index (χ2n) is 5.55. The highest BCUT2D eigenvalue weighted by Crippen LogP contribution is 2.28. The third-order valence-electron chi connectivity index (χ3n) is 2.77. The van der Waals surface area contributed by atoms with E-state index in [0.717, 1.165) is 24.2 Å². The van der Waals surface area contributed by atoms with Crippen LogP contribution < -0.4 is 5.32 Å². The van der Waals surface area contributed by atoms with Crippen molar-refractivity contribution in [3.8, 4) is 0 Å². The van der Waals surface area contributed by atoms with Gasteiger partial charge in [0, 0.05) is 24.2 Å². The van der Waals surface area contributed by atoms with Gasteiger partial charge in [-0.15, -0.1) is 0 Å². The third kappa shape index (κ3) is 3.54.